The van der Waals surface area contributed by atoms with Crippen LogP contribution in [0.25, 0.3) is 0 Å². The zero-order valence-electron chi connectivity index (χ0n) is 14.5. The average molecular weight is 430 g/mol. The number of nitrogens with zero attached hydrogens (tertiary/aromatic N) is 3. The van der Waals surface area contributed by atoms with Crippen LogP contribution < -0.4 is 4.74 Å². The number of carbonyl (C=O) groups is 1. The first-order chi connectivity index (χ1) is 13.1. The van der Waals surface area contributed by atoms with Gasteiger partial charge in [0.2, 0.25) is 12.7 Å². The van der Waals surface area contributed by atoms with Gasteiger partial charge in [0.1, 0.15) is 0 Å². The summed E-state index contributed by atoms with van der Waals surface area (Å²) in [5.41, 5.74) is 2.67. The summed E-state index contributed by atoms with van der Waals surface area (Å²) in [6.07, 6.45) is 4.99. The molecule has 0 aliphatic heterocycles. The molecule has 10 heteroatoms. The molecular formula is C17H17Cl2N3O4S. The van der Waals surface area contributed by atoms with E-state index in [0.717, 1.165) is 36.1 Å². The average Bonchev–Trinajstić information content (AvgIpc) is 3.10. The molecule has 0 N–H and O–H groups in total. The highest BCUT2D eigenvalue weighted by Gasteiger charge is 2.21. The van der Waals surface area contributed by atoms with Gasteiger partial charge in [-0.05, 0) is 26.2 Å². The van der Waals surface area contributed by atoms with Crippen molar-refractivity contribution in [3.63, 3.8) is 0 Å². The monoisotopic (exact) mass is 429 g/mol. The first-order valence-corrected chi connectivity index (χ1v) is 10.1. The third kappa shape index (κ3) is 5.15. The van der Waals surface area contributed by atoms with Gasteiger partial charge in [-0.15, -0.1) is 0 Å². The van der Waals surface area contributed by atoms with Crippen molar-refractivity contribution in [2.75, 3.05) is 13.4 Å². The van der Waals surface area contributed by atoms with Crippen molar-refractivity contribution in [2.24, 2.45) is 0 Å². The molecule has 0 aromatic carbocycles. The number of aromatic nitrogens is 3. The Kier molecular flexibility index (Phi) is 6.98. The zero-order chi connectivity index (χ0) is 19.2. The maximum Gasteiger partial charge on any atom is 0.511 e. The van der Waals surface area contributed by atoms with Crippen LogP contribution in [0, 0.1) is 0 Å². The lowest BCUT2D eigenvalue weighted by molar-refractivity contribution is 0.00470. The van der Waals surface area contributed by atoms with Crippen LogP contribution in [-0.2, 0) is 28.1 Å². The Balaban J connectivity index is 1.70. The number of halogens is 2. The Labute approximate surface area is 170 Å². The van der Waals surface area contributed by atoms with E-state index in [1.807, 2.05) is 0 Å². The lowest BCUT2D eigenvalue weighted by Crippen LogP contribution is -2.13. The van der Waals surface area contributed by atoms with Crippen molar-refractivity contribution in [3.05, 3.63) is 39.3 Å². The van der Waals surface area contributed by atoms with Gasteiger partial charge in [-0.25, -0.2) is 9.78 Å². The van der Waals surface area contributed by atoms with Crippen LogP contribution in [0.2, 0.25) is 10.0 Å². The molecule has 2 aromatic heterocycles. The number of ether oxygens (including phenoxy) is 3. The molecule has 1 aliphatic rings. The Morgan fingerprint density at radius 3 is 2.70 bits per heavy atom. The molecule has 2 heterocycles. The first kappa shape index (κ1) is 20.0. The SMILES string of the molecule is CCOC(=O)OCOc1nc(SCc2c(Cl)cncc2Cl)nc2c1CCC2. The quantitative estimate of drug-likeness (QED) is 0.275. The van der Waals surface area contributed by atoms with Gasteiger partial charge in [-0.2, -0.15) is 4.98 Å². The summed E-state index contributed by atoms with van der Waals surface area (Å²) in [5.74, 6) is 0.925. The van der Waals surface area contributed by atoms with Gasteiger partial charge in [-0.3, -0.25) is 4.98 Å². The second-order valence-electron chi connectivity index (χ2n) is 5.55. The molecule has 0 atom stereocenters. The molecule has 0 amide bonds. The predicted molar refractivity (Wildman–Crippen MR) is 101 cm³/mol. The maximum atomic E-state index is 11.3. The van der Waals surface area contributed by atoms with E-state index < -0.39 is 6.16 Å². The van der Waals surface area contributed by atoms with E-state index in [9.17, 15) is 4.79 Å². The normalized spacial score (nSPS) is 12.6. The van der Waals surface area contributed by atoms with Crippen LogP contribution in [-0.4, -0.2) is 34.5 Å². The molecule has 0 spiro atoms. The molecule has 144 valence electrons. The molecule has 27 heavy (non-hydrogen) atoms. The number of thioether (sulfide) groups is 1. The number of carbonyl (C=O) groups excluding carboxylic acids is 1. The van der Waals surface area contributed by atoms with Gasteiger partial charge >= 0.3 is 6.16 Å². The first-order valence-electron chi connectivity index (χ1n) is 8.31. The summed E-state index contributed by atoms with van der Waals surface area (Å²) < 4.78 is 15.1. The number of hydrogen-bond donors (Lipinski definition) is 0. The third-order valence-corrected chi connectivity index (χ3v) is 5.33. The number of hydrogen-bond acceptors (Lipinski definition) is 8. The standard InChI is InChI=1S/C17H17Cl2N3O4S/c1-2-24-17(23)26-9-25-15-10-4-3-5-14(10)21-16(22-15)27-8-11-12(18)6-20-7-13(11)19/h6-7H,2-5,8-9H2,1H3. The fourth-order valence-electron chi connectivity index (χ4n) is 2.57. The summed E-state index contributed by atoms with van der Waals surface area (Å²) >= 11 is 13.7. The summed E-state index contributed by atoms with van der Waals surface area (Å²) in [7, 11) is 0. The van der Waals surface area contributed by atoms with Gasteiger partial charge in [0.15, 0.2) is 5.16 Å². The minimum absolute atomic E-state index is 0.239. The van der Waals surface area contributed by atoms with Crippen LogP contribution in [0.4, 0.5) is 4.79 Å². The van der Waals surface area contributed by atoms with Crippen LogP contribution >= 0.6 is 35.0 Å². The highest BCUT2D eigenvalue weighted by Crippen LogP contribution is 2.33. The second kappa shape index (κ2) is 9.43. The molecule has 0 unspecified atom stereocenters. The molecule has 7 nitrogen and oxygen atoms in total. The van der Waals surface area contributed by atoms with E-state index in [2.05, 4.69) is 15.0 Å². The topological polar surface area (TPSA) is 83.4 Å². The van der Waals surface area contributed by atoms with Gasteiger partial charge in [0, 0.05) is 29.3 Å². The summed E-state index contributed by atoms with van der Waals surface area (Å²) in [6.45, 7) is 1.67. The lowest BCUT2D eigenvalue weighted by Gasteiger charge is -2.12. The number of rotatable bonds is 7. The Morgan fingerprint density at radius 1 is 1.19 bits per heavy atom. The molecule has 2 aromatic rings. The number of fused-ring (bicyclic) bond motifs is 1. The Morgan fingerprint density at radius 2 is 1.96 bits per heavy atom. The Hall–Kier alpha value is -1.77. The molecule has 0 bridgehead atoms. The van der Waals surface area contributed by atoms with Crippen molar-refractivity contribution in [3.8, 4) is 5.88 Å². The maximum absolute atomic E-state index is 11.3. The van der Waals surface area contributed by atoms with E-state index in [1.165, 1.54) is 11.8 Å². The van der Waals surface area contributed by atoms with Crippen LogP contribution in [0.1, 0.15) is 30.2 Å². The number of pyridine rings is 1. The minimum atomic E-state index is -0.778. The Bertz CT molecular complexity index is 818. The third-order valence-electron chi connectivity index (χ3n) is 3.81. The smallest absolute Gasteiger partial charge is 0.440 e. The van der Waals surface area contributed by atoms with Crippen molar-refractivity contribution < 1.29 is 19.0 Å². The van der Waals surface area contributed by atoms with Gasteiger partial charge in [0.25, 0.3) is 0 Å². The molecule has 3 rings (SSSR count). The van der Waals surface area contributed by atoms with Crippen molar-refractivity contribution in [1.29, 1.82) is 0 Å². The fourth-order valence-corrected chi connectivity index (χ4v) is 4.13. The van der Waals surface area contributed by atoms with Gasteiger partial charge < -0.3 is 14.2 Å². The second-order valence-corrected chi connectivity index (χ2v) is 7.31. The predicted octanol–water partition coefficient (Wildman–Crippen LogP) is 4.47. The zero-order valence-corrected chi connectivity index (χ0v) is 16.9. The minimum Gasteiger partial charge on any atom is -0.440 e. The van der Waals surface area contributed by atoms with Crippen LogP contribution in [0.15, 0.2) is 17.6 Å². The van der Waals surface area contributed by atoms with Gasteiger partial charge in [-0.1, -0.05) is 35.0 Å². The van der Waals surface area contributed by atoms with E-state index in [-0.39, 0.29) is 13.4 Å². The molecule has 1 aliphatic carbocycles. The molecular weight excluding hydrogens is 413 g/mol. The summed E-state index contributed by atoms with van der Waals surface area (Å²) in [6, 6.07) is 0. The molecule has 0 radical (unpaired) electrons. The lowest BCUT2D eigenvalue weighted by atomic mass is 10.2. The van der Waals surface area contributed by atoms with Crippen LogP contribution in [0.5, 0.6) is 5.88 Å². The fraction of sp³-hybridized carbons (Fsp3) is 0.412. The van der Waals surface area contributed by atoms with Crippen LogP contribution in [0.3, 0.4) is 0 Å². The van der Waals surface area contributed by atoms with Crippen molar-refractivity contribution in [2.45, 2.75) is 37.1 Å². The largest absolute Gasteiger partial charge is 0.511 e. The molecule has 0 saturated heterocycles. The summed E-state index contributed by atoms with van der Waals surface area (Å²) in [5, 5.41) is 1.54. The summed E-state index contributed by atoms with van der Waals surface area (Å²) in [4.78, 5) is 24.3. The van der Waals surface area contributed by atoms with Crippen molar-refractivity contribution >= 4 is 41.1 Å². The van der Waals surface area contributed by atoms with E-state index in [4.69, 9.17) is 37.4 Å². The van der Waals surface area contributed by atoms with Gasteiger partial charge in [0.05, 0.1) is 22.3 Å². The molecule has 0 fully saturated rings. The number of aryl methyl sites for hydroxylation is 1. The molecule has 0 saturated carbocycles. The highest BCUT2D eigenvalue weighted by molar-refractivity contribution is 7.98. The highest BCUT2D eigenvalue weighted by atomic mass is 35.5. The van der Waals surface area contributed by atoms with E-state index in [1.54, 1.807) is 19.3 Å². The van der Waals surface area contributed by atoms with Crippen molar-refractivity contribution in [1.82, 2.24) is 15.0 Å². The van der Waals surface area contributed by atoms with E-state index in [0.29, 0.717) is 26.8 Å². The van der Waals surface area contributed by atoms with E-state index >= 15 is 0 Å².